The van der Waals surface area contributed by atoms with Gasteiger partial charge in [-0.1, -0.05) is 0 Å². The standard InChI is InChI=1S/C11H14N2/c1-4-5-11(12-3)10-6-7-13-8-9(10)2/h1,6-8,11-12H,5H2,2-3H3. The summed E-state index contributed by atoms with van der Waals surface area (Å²) in [6.45, 7) is 2.04. The van der Waals surface area contributed by atoms with Crippen LogP contribution in [-0.4, -0.2) is 12.0 Å². The fourth-order valence-corrected chi connectivity index (χ4v) is 1.36. The highest BCUT2D eigenvalue weighted by Crippen LogP contribution is 2.18. The minimum absolute atomic E-state index is 0.244. The van der Waals surface area contributed by atoms with E-state index in [9.17, 15) is 0 Å². The van der Waals surface area contributed by atoms with Crippen LogP contribution in [0.25, 0.3) is 0 Å². The van der Waals surface area contributed by atoms with Gasteiger partial charge in [0.2, 0.25) is 0 Å². The topological polar surface area (TPSA) is 24.9 Å². The molecule has 1 aromatic heterocycles. The van der Waals surface area contributed by atoms with Crippen LogP contribution in [-0.2, 0) is 0 Å². The van der Waals surface area contributed by atoms with Gasteiger partial charge in [0.05, 0.1) is 0 Å². The molecule has 0 radical (unpaired) electrons. The van der Waals surface area contributed by atoms with Gasteiger partial charge in [-0.3, -0.25) is 4.98 Å². The van der Waals surface area contributed by atoms with Crippen LogP contribution >= 0.6 is 0 Å². The average Bonchev–Trinajstić information content (AvgIpc) is 2.16. The van der Waals surface area contributed by atoms with E-state index in [-0.39, 0.29) is 6.04 Å². The number of nitrogens with one attached hydrogen (secondary N) is 1. The van der Waals surface area contributed by atoms with E-state index in [0.717, 1.165) is 0 Å². The second kappa shape index (κ2) is 4.64. The molecule has 0 spiro atoms. The molecule has 13 heavy (non-hydrogen) atoms. The molecule has 2 heteroatoms. The van der Waals surface area contributed by atoms with Crippen molar-refractivity contribution in [3.63, 3.8) is 0 Å². The molecule has 68 valence electrons. The highest BCUT2D eigenvalue weighted by Gasteiger charge is 2.09. The van der Waals surface area contributed by atoms with Gasteiger partial charge >= 0.3 is 0 Å². The molecule has 0 aliphatic rings. The van der Waals surface area contributed by atoms with E-state index in [1.165, 1.54) is 11.1 Å². The molecule has 0 saturated heterocycles. The number of rotatable bonds is 3. The maximum atomic E-state index is 5.29. The molecule has 0 fully saturated rings. The number of hydrogen-bond acceptors (Lipinski definition) is 2. The zero-order chi connectivity index (χ0) is 9.68. The van der Waals surface area contributed by atoms with Crippen molar-refractivity contribution in [3.8, 4) is 12.3 Å². The lowest BCUT2D eigenvalue weighted by atomic mass is 10.0. The van der Waals surface area contributed by atoms with Crippen LogP contribution in [0, 0.1) is 19.3 Å². The maximum absolute atomic E-state index is 5.29. The summed E-state index contributed by atoms with van der Waals surface area (Å²) >= 11 is 0. The lowest BCUT2D eigenvalue weighted by Gasteiger charge is -2.15. The molecule has 0 saturated carbocycles. The molecule has 1 unspecified atom stereocenters. The van der Waals surface area contributed by atoms with Crippen LogP contribution in [0.3, 0.4) is 0 Å². The number of pyridine rings is 1. The molecule has 1 heterocycles. The Morgan fingerprint density at radius 3 is 3.00 bits per heavy atom. The van der Waals surface area contributed by atoms with Crippen molar-refractivity contribution < 1.29 is 0 Å². The highest BCUT2D eigenvalue weighted by atomic mass is 14.9. The Morgan fingerprint density at radius 2 is 2.46 bits per heavy atom. The Kier molecular flexibility index (Phi) is 3.48. The summed E-state index contributed by atoms with van der Waals surface area (Å²) < 4.78 is 0. The minimum atomic E-state index is 0.244. The number of nitrogens with zero attached hydrogens (tertiary/aromatic N) is 1. The van der Waals surface area contributed by atoms with Gasteiger partial charge in [0.25, 0.3) is 0 Å². The molecule has 1 rings (SSSR count). The molecular formula is C11H14N2. The third kappa shape index (κ3) is 2.30. The maximum Gasteiger partial charge on any atom is 0.0432 e. The van der Waals surface area contributed by atoms with Crippen LogP contribution in [0.1, 0.15) is 23.6 Å². The summed E-state index contributed by atoms with van der Waals surface area (Å²) in [5.74, 6) is 2.66. The predicted octanol–water partition coefficient (Wildman–Crippen LogP) is 1.67. The van der Waals surface area contributed by atoms with Gasteiger partial charge in [-0.15, -0.1) is 12.3 Å². The second-order valence-corrected chi connectivity index (χ2v) is 2.98. The summed E-state index contributed by atoms with van der Waals surface area (Å²) in [6, 6.07) is 2.25. The Balaban J connectivity index is 2.92. The van der Waals surface area contributed by atoms with Gasteiger partial charge < -0.3 is 5.32 Å². The van der Waals surface area contributed by atoms with E-state index in [4.69, 9.17) is 6.42 Å². The van der Waals surface area contributed by atoms with E-state index < -0.39 is 0 Å². The number of aryl methyl sites for hydroxylation is 1. The SMILES string of the molecule is C#CCC(NC)c1ccncc1C. The van der Waals surface area contributed by atoms with Crippen molar-refractivity contribution in [1.82, 2.24) is 10.3 Å². The molecule has 2 nitrogen and oxygen atoms in total. The van der Waals surface area contributed by atoms with Crippen molar-refractivity contribution in [1.29, 1.82) is 0 Å². The Labute approximate surface area is 79.4 Å². The van der Waals surface area contributed by atoms with Crippen LogP contribution in [0.4, 0.5) is 0 Å². The van der Waals surface area contributed by atoms with Crippen molar-refractivity contribution in [2.45, 2.75) is 19.4 Å². The zero-order valence-electron chi connectivity index (χ0n) is 8.04. The molecule has 0 aromatic carbocycles. The fourth-order valence-electron chi connectivity index (χ4n) is 1.36. The van der Waals surface area contributed by atoms with E-state index in [1.807, 2.05) is 26.2 Å². The van der Waals surface area contributed by atoms with Gasteiger partial charge in [0, 0.05) is 24.9 Å². The lowest BCUT2D eigenvalue weighted by Crippen LogP contribution is -2.16. The summed E-state index contributed by atoms with van der Waals surface area (Å²) in [6.07, 6.45) is 9.65. The Hall–Kier alpha value is -1.33. The summed E-state index contributed by atoms with van der Waals surface area (Å²) in [4.78, 5) is 4.04. The van der Waals surface area contributed by atoms with Crippen molar-refractivity contribution in [2.24, 2.45) is 0 Å². The van der Waals surface area contributed by atoms with E-state index >= 15 is 0 Å². The zero-order valence-corrected chi connectivity index (χ0v) is 8.04. The first-order chi connectivity index (χ1) is 6.29. The molecular weight excluding hydrogens is 160 g/mol. The Morgan fingerprint density at radius 1 is 1.69 bits per heavy atom. The molecule has 0 aliphatic carbocycles. The fraction of sp³-hybridized carbons (Fsp3) is 0.364. The average molecular weight is 174 g/mol. The van der Waals surface area contributed by atoms with Gasteiger partial charge in [-0.25, -0.2) is 0 Å². The first kappa shape index (κ1) is 9.76. The number of hydrogen-bond donors (Lipinski definition) is 1. The monoisotopic (exact) mass is 174 g/mol. The molecule has 1 N–H and O–H groups in total. The molecule has 0 amide bonds. The van der Waals surface area contributed by atoms with Crippen molar-refractivity contribution in [2.75, 3.05) is 7.05 Å². The van der Waals surface area contributed by atoms with E-state index in [2.05, 4.69) is 16.2 Å². The molecule has 0 aliphatic heterocycles. The highest BCUT2D eigenvalue weighted by molar-refractivity contribution is 5.26. The smallest absolute Gasteiger partial charge is 0.0432 e. The molecule has 1 aromatic rings. The van der Waals surface area contributed by atoms with E-state index in [0.29, 0.717) is 6.42 Å². The lowest BCUT2D eigenvalue weighted by molar-refractivity contribution is 0.607. The first-order valence-corrected chi connectivity index (χ1v) is 4.30. The number of aromatic nitrogens is 1. The van der Waals surface area contributed by atoms with Crippen molar-refractivity contribution >= 4 is 0 Å². The Bertz CT molecular complexity index is 312. The van der Waals surface area contributed by atoms with Crippen molar-refractivity contribution in [3.05, 3.63) is 29.6 Å². The van der Waals surface area contributed by atoms with E-state index in [1.54, 1.807) is 6.20 Å². The predicted molar refractivity (Wildman–Crippen MR) is 54.2 cm³/mol. The normalized spacial score (nSPS) is 12.1. The second-order valence-electron chi connectivity index (χ2n) is 2.98. The van der Waals surface area contributed by atoms with Crippen LogP contribution in [0.15, 0.2) is 18.5 Å². The summed E-state index contributed by atoms with van der Waals surface area (Å²) in [5.41, 5.74) is 2.41. The largest absolute Gasteiger partial charge is 0.312 e. The van der Waals surface area contributed by atoms with Gasteiger partial charge in [-0.2, -0.15) is 0 Å². The number of terminal acetylenes is 1. The first-order valence-electron chi connectivity index (χ1n) is 4.30. The summed E-state index contributed by atoms with van der Waals surface area (Å²) in [7, 11) is 1.92. The van der Waals surface area contributed by atoms with Crippen LogP contribution in [0.5, 0.6) is 0 Å². The third-order valence-corrected chi connectivity index (χ3v) is 2.11. The minimum Gasteiger partial charge on any atom is -0.312 e. The van der Waals surface area contributed by atoms with Gasteiger partial charge in [0.15, 0.2) is 0 Å². The third-order valence-electron chi connectivity index (χ3n) is 2.11. The molecule has 1 atom stereocenters. The van der Waals surface area contributed by atoms with Gasteiger partial charge in [-0.05, 0) is 31.2 Å². The molecule has 0 bridgehead atoms. The van der Waals surface area contributed by atoms with Crippen LogP contribution < -0.4 is 5.32 Å². The summed E-state index contributed by atoms with van der Waals surface area (Å²) in [5, 5.41) is 3.19. The quantitative estimate of drug-likeness (QED) is 0.705. The van der Waals surface area contributed by atoms with Gasteiger partial charge in [0.1, 0.15) is 0 Å². The van der Waals surface area contributed by atoms with Crippen LogP contribution in [0.2, 0.25) is 0 Å².